The fraction of sp³-hybridized carbons (Fsp3) is 0.800. The van der Waals surface area contributed by atoms with Crippen molar-refractivity contribution >= 4 is 29.9 Å². The maximum absolute atomic E-state index is 12.2. The van der Waals surface area contributed by atoms with Gasteiger partial charge in [0.2, 0.25) is 17.8 Å². The second-order valence-electron chi connectivity index (χ2n) is 11.4. The summed E-state index contributed by atoms with van der Waals surface area (Å²) in [5, 5.41) is 12.4. The molecule has 3 saturated heterocycles. The van der Waals surface area contributed by atoms with Gasteiger partial charge in [0.1, 0.15) is 5.60 Å². The van der Waals surface area contributed by atoms with E-state index in [1.54, 1.807) is 0 Å². The predicted molar refractivity (Wildman–Crippen MR) is 138 cm³/mol. The highest BCUT2D eigenvalue weighted by atomic mass is 16.6. The molecule has 1 amide bonds. The summed E-state index contributed by atoms with van der Waals surface area (Å²) in [6, 6.07) is 0.0514. The molecule has 11 heteroatoms. The average Bonchev–Trinajstić information content (AvgIpc) is 2.83. The number of carbonyl (C=O) groups excluding carboxylic acids is 1. The third-order valence-electron chi connectivity index (χ3n) is 7.29. The molecule has 3 aliphatic heterocycles. The molecule has 0 saturated carbocycles. The molecule has 0 radical (unpaired) electrons. The van der Waals surface area contributed by atoms with Crippen LogP contribution < -0.4 is 20.0 Å². The van der Waals surface area contributed by atoms with E-state index in [1.807, 2.05) is 20.8 Å². The molecule has 2 N–H and O–H groups in total. The number of alkyl carbamates (subject to hydrolysis) is 1. The van der Waals surface area contributed by atoms with Crippen molar-refractivity contribution in [2.45, 2.75) is 77.9 Å². The van der Waals surface area contributed by atoms with E-state index in [0.29, 0.717) is 49.7 Å². The van der Waals surface area contributed by atoms with Gasteiger partial charge >= 0.3 is 12.1 Å². The van der Waals surface area contributed by atoms with E-state index >= 15 is 0 Å². The van der Waals surface area contributed by atoms with Crippen molar-refractivity contribution < 1.29 is 19.4 Å². The van der Waals surface area contributed by atoms with Crippen LogP contribution in [0.25, 0.3) is 0 Å². The van der Waals surface area contributed by atoms with Crippen molar-refractivity contribution in [1.82, 2.24) is 20.3 Å². The van der Waals surface area contributed by atoms with E-state index in [0.717, 1.165) is 51.9 Å². The van der Waals surface area contributed by atoms with E-state index < -0.39 is 11.6 Å². The first kappa shape index (κ1) is 26.2. The molecule has 0 aromatic carbocycles. The van der Waals surface area contributed by atoms with Crippen LogP contribution in [0.5, 0.6) is 0 Å². The number of amides is 1. The number of carbonyl (C=O) groups is 2. The van der Waals surface area contributed by atoms with Crippen LogP contribution in [0.3, 0.4) is 0 Å². The third kappa shape index (κ3) is 6.88. The number of nitrogens with one attached hydrogen (secondary N) is 1. The Bertz CT molecular complexity index is 913. The monoisotopic (exact) mass is 503 g/mol. The van der Waals surface area contributed by atoms with Crippen LogP contribution >= 0.6 is 0 Å². The molecule has 4 heterocycles. The number of carboxylic acid groups (broad SMARTS) is 1. The number of hydrogen-bond donors (Lipinski definition) is 2. The minimum absolute atomic E-state index is 0.0514. The van der Waals surface area contributed by atoms with Crippen molar-refractivity contribution in [1.29, 1.82) is 0 Å². The van der Waals surface area contributed by atoms with Gasteiger partial charge in [0, 0.05) is 45.3 Å². The Morgan fingerprint density at radius 3 is 1.64 bits per heavy atom. The largest absolute Gasteiger partial charge is 0.481 e. The molecule has 1 aromatic heterocycles. The summed E-state index contributed by atoms with van der Waals surface area (Å²) >= 11 is 0. The second-order valence-corrected chi connectivity index (χ2v) is 11.4. The summed E-state index contributed by atoms with van der Waals surface area (Å²) in [5.74, 6) is 1.67. The minimum Gasteiger partial charge on any atom is -0.481 e. The van der Waals surface area contributed by atoms with E-state index in [2.05, 4.69) is 26.9 Å². The number of hydrogen-bond acceptors (Lipinski definition) is 9. The van der Waals surface area contributed by atoms with Gasteiger partial charge in [-0.1, -0.05) is 6.92 Å². The first-order valence-corrected chi connectivity index (χ1v) is 13.3. The molecule has 0 spiro atoms. The zero-order valence-electron chi connectivity index (χ0n) is 22.1. The quantitative estimate of drug-likeness (QED) is 0.620. The molecular formula is C25H41N7O4. The van der Waals surface area contributed by atoms with Gasteiger partial charge in [-0.15, -0.1) is 0 Å². The summed E-state index contributed by atoms with van der Waals surface area (Å²) in [6.45, 7) is 12.4. The SMILES string of the molecule is CC1CCN(c2nc(N3CCC(NC(=O)OC(C)(C)C)CC3)nc(N3CCC(C(=O)O)CC3)n2)CC1. The van der Waals surface area contributed by atoms with Crippen LogP contribution in [0.4, 0.5) is 22.6 Å². The van der Waals surface area contributed by atoms with E-state index in [4.69, 9.17) is 19.7 Å². The molecule has 0 unspecified atom stereocenters. The molecule has 11 nitrogen and oxygen atoms in total. The van der Waals surface area contributed by atoms with E-state index in [9.17, 15) is 14.7 Å². The molecular weight excluding hydrogens is 462 g/mol. The number of ether oxygens (including phenoxy) is 1. The Morgan fingerprint density at radius 1 is 0.806 bits per heavy atom. The Morgan fingerprint density at radius 2 is 1.22 bits per heavy atom. The maximum Gasteiger partial charge on any atom is 0.407 e. The van der Waals surface area contributed by atoms with Crippen LogP contribution in [0, 0.1) is 11.8 Å². The van der Waals surface area contributed by atoms with E-state index in [-0.39, 0.29) is 18.1 Å². The van der Waals surface area contributed by atoms with Crippen LogP contribution in [-0.2, 0) is 9.53 Å². The first-order chi connectivity index (χ1) is 17.1. The number of carboxylic acids is 1. The molecule has 4 rings (SSSR count). The topological polar surface area (TPSA) is 124 Å². The van der Waals surface area contributed by atoms with Crippen LogP contribution in [-0.4, -0.2) is 83.0 Å². The lowest BCUT2D eigenvalue weighted by Gasteiger charge is -2.36. The van der Waals surface area contributed by atoms with Crippen molar-refractivity contribution in [2.24, 2.45) is 11.8 Å². The summed E-state index contributed by atoms with van der Waals surface area (Å²) in [5.41, 5.74) is -0.520. The highest BCUT2D eigenvalue weighted by Crippen LogP contribution is 2.27. The normalized spacial score (nSPS) is 20.9. The second kappa shape index (κ2) is 11.0. The number of aliphatic carboxylic acids is 1. The van der Waals surface area contributed by atoms with Crippen molar-refractivity contribution in [2.75, 3.05) is 54.0 Å². The molecule has 0 bridgehead atoms. The molecule has 1 aromatic rings. The van der Waals surface area contributed by atoms with Gasteiger partial charge < -0.3 is 29.9 Å². The molecule has 0 aliphatic carbocycles. The Labute approximate surface area is 213 Å². The van der Waals surface area contributed by atoms with Crippen LogP contribution in [0.1, 0.15) is 66.2 Å². The first-order valence-electron chi connectivity index (χ1n) is 13.3. The molecule has 200 valence electrons. The van der Waals surface area contributed by atoms with Gasteiger partial charge in [0.15, 0.2) is 0 Å². The fourth-order valence-corrected chi connectivity index (χ4v) is 5.00. The molecule has 0 atom stereocenters. The lowest BCUT2D eigenvalue weighted by atomic mass is 9.97. The summed E-state index contributed by atoms with van der Waals surface area (Å²) < 4.78 is 5.40. The number of aromatic nitrogens is 3. The van der Waals surface area contributed by atoms with Crippen molar-refractivity contribution in [3.8, 4) is 0 Å². The van der Waals surface area contributed by atoms with Gasteiger partial charge in [-0.2, -0.15) is 15.0 Å². The Balaban J connectivity index is 1.46. The number of piperidine rings is 3. The highest BCUT2D eigenvalue weighted by molar-refractivity contribution is 5.70. The van der Waals surface area contributed by atoms with Crippen LogP contribution in [0.2, 0.25) is 0 Å². The lowest BCUT2D eigenvalue weighted by molar-refractivity contribution is -0.142. The van der Waals surface area contributed by atoms with Gasteiger partial charge in [-0.3, -0.25) is 4.79 Å². The van der Waals surface area contributed by atoms with Gasteiger partial charge in [0.25, 0.3) is 0 Å². The average molecular weight is 504 g/mol. The number of rotatable bonds is 5. The lowest BCUT2D eigenvalue weighted by Crippen LogP contribution is -2.47. The van der Waals surface area contributed by atoms with Gasteiger partial charge in [-0.25, -0.2) is 4.79 Å². The highest BCUT2D eigenvalue weighted by Gasteiger charge is 2.30. The van der Waals surface area contributed by atoms with Gasteiger partial charge in [-0.05, 0) is 65.2 Å². The maximum atomic E-state index is 12.2. The third-order valence-corrected chi connectivity index (χ3v) is 7.29. The van der Waals surface area contributed by atoms with Crippen molar-refractivity contribution in [3.63, 3.8) is 0 Å². The Hall–Kier alpha value is -2.85. The van der Waals surface area contributed by atoms with Crippen LogP contribution in [0.15, 0.2) is 0 Å². The summed E-state index contributed by atoms with van der Waals surface area (Å²) in [4.78, 5) is 44.6. The Kier molecular flexibility index (Phi) is 8.04. The summed E-state index contributed by atoms with van der Waals surface area (Å²) in [7, 11) is 0. The van der Waals surface area contributed by atoms with E-state index in [1.165, 1.54) is 0 Å². The summed E-state index contributed by atoms with van der Waals surface area (Å²) in [6.07, 6.45) is 4.59. The van der Waals surface area contributed by atoms with Crippen molar-refractivity contribution in [3.05, 3.63) is 0 Å². The zero-order chi connectivity index (χ0) is 25.9. The molecule has 36 heavy (non-hydrogen) atoms. The standard InChI is InChI=1S/C25H41N7O4/c1-17-5-11-30(12-6-17)21-27-22(31-13-7-18(8-14-31)20(33)34)29-23(28-21)32-15-9-19(10-16-32)26-24(35)36-25(2,3)4/h17-19H,5-16H2,1-4H3,(H,26,35)(H,33,34). The smallest absolute Gasteiger partial charge is 0.407 e. The van der Waals surface area contributed by atoms with Gasteiger partial charge in [0.05, 0.1) is 5.92 Å². The molecule has 3 fully saturated rings. The number of anilines is 3. The minimum atomic E-state index is -0.725. The molecule has 3 aliphatic rings. The zero-order valence-corrected chi connectivity index (χ0v) is 22.1. The predicted octanol–water partition coefficient (Wildman–Crippen LogP) is 2.90. The fourth-order valence-electron chi connectivity index (χ4n) is 5.00. The number of nitrogens with zero attached hydrogens (tertiary/aromatic N) is 6.